The fourth-order valence-electron chi connectivity index (χ4n) is 4.04. The van der Waals surface area contributed by atoms with Crippen molar-refractivity contribution in [3.63, 3.8) is 0 Å². The average Bonchev–Trinajstić information content (AvgIpc) is 2.82. The van der Waals surface area contributed by atoms with Gasteiger partial charge in [0.05, 0.1) is 11.3 Å². The van der Waals surface area contributed by atoms with Gasteiger partial charge in [-0.15, -0.1) is 0 Å². The lowest BCUT2D eigenvalue weighted by Gasteiger charge is -2.34. The minimum atomic E-state index is -0.807. The minimum Gasteiger partial charge on any atom is -0.366 e. The molecule has 0 aliphatic carbocycles. The molecule has 34 heavy (non-hydrogen) atoms. The van der Waals surface area contributed by atoms with Crippen LogP contribution in [-0.4, -0.2) is 30.4 Å². The molecular weight excluding hydrogens is 459 g/mol. The van der Waals surface area contributed by atoms with E-state index in [1.165, 1.54) is 11.0 Å². The summed E-state index contributed by atoms with van der Waals surface area (Å²) in [6, 6.07) is 16.1. The van der Waals surface area contributed by atoms with Gasteiger partial charge in [-0.05, 0) is 54.8 Å². The Labute approximate surface area is 200 Å². The number of nitrogens with one attached hydrogen (secondary N) is 2. The van der Waals surface area contributed by atoms with Crippen LogP contribution in [0.2, 0.25) is 5.02 Å². The monoisotopic (exact) mass is 480 g/mol. The number of hydrogen-bond acceptors (Lipinski definition) is 3. The zero-order chi connectivity index (χ0) is 24.2. The molecule has 0 spiro atoms. The van der Waals surface area contributed by atoms with Crippen LogP contribution in [0, 0.1) is 5.82 Å². The summed E-state index contributed by atoms with van der Waals surface area (Å²) in [5.41, 5.74) is 7.04. The normalized spacial score (nSPS) is 15.6. The van der Waals surface area contributed by atoms with Crippen LogP contribution in [0.25, 0.3) is 11.1 Å². The maximum Gasteiger partial charge on any atom is 0.319 e. The molecule has 7 nitrogen and oxygen atoms in total. The Bertz CT molecular complexity index is 1250. The van der Waals surface area contributed by atoms with Crippen molar-refractivity contribution in [3.8, 4) is 11.1 Å². The number of anilines is 2. The number of urea groups is 1. The molecule has 0 radical (unpaired) electrons. The number of hydrogen-bond donors (Lipinski definition) is 3. The number of piperidine rings is 1. The number of nitrogens with two attached hydrogens (primary N) is 1. The van der Waals surface area contributed by atoms with Gasteiger partial charge in [0, 0.05) is 22.8 Å². The number of primary amides is 1. The molecule has 4 amide bonds. The molecule has 1 atom stereocenters. The Kier molecular flexibility index (Phi) is 6.79. The Morgan fingerprint density at radius 1 is 1.00 bits per heavy atom. The summed E-state index contributed by atoms with van der Waals surface area (Å²) in [6.07, 6.45) is 1.02. The van der Waals surface area contributed by atoms with Crippen molar-refractivity contribution in [2.45, 2.75) is 18.9 Å². The van der Waals surface area contributed by atoms with E-state index in [-0.39, 0.29) is 22.7 Å². The summed E-state index contributed by atoms with van der Waals surface area (Å²) in [5.74, 6) is -1.67. The van der Waals surface area contributed by atoms with E-state index in [0.29, 0.717) is 35.7 Å². The van der Waals surface area contributed by atoms with Gasteiger partial charge >= 0.3 is 6.03 Å². The molecule has 1 saturated heterocycles. The second-order valence-corrected chi connectivity index (χ2v) is 8.27. The van der Waals surface area contributed by atoms with Crippen LogP contribution >= 0.6 is 11.6 Å². The highest BCUT2D eigenvalue weighted by Crippen LogP contribution is 2.34. The molecule has 1 aliphatic rings. The molecule has 9 heteroatoms. The van der Waals surface area contributed by atoms with Crippen LogP contribution in [0.5, 0.6) is 0 Å². The number of carbonyl (C=O) groups excluding carboxylic acids is 3. The van der Waals surface area contributed by atoms with E-state index in [1.54, 1.807) is 60.7 Å². The standard InChI is InChI=1S/C25H22ClFN4O3/c26-15-10-12-16(13-11-15)29-25(34)30-20-8-4-14-31(24(20)33)21-9-3-6-18(22(21)23(28)32)17-5-1-2-7-19(17)27/h1-3,5-7,9-13,20H,4,8,14H2,(H2,28,32)(H2,29,30,34). The largest absolute Gasteiger partial charge is 0.366 e. The number of amides is 4. The third-order valence-corrected chi connectivity index (χ3v) is 5.84. The van der Waals surface area contributed by atoms with Crippen LogP contribution in [0.3, 0.4) is 0 Å². The number of rotatable bonds is 5. The zero-order valence-electron chi connectivity index (χ0n) is 18.1. The first-order valence-corrected chi connectivity index (χ1v) is 11.0. The maximum atomic E-state index is 14.5. The molecule has 4 N–H and O–H groups in total. The van der Waals surface area contributed by atoms with E-state index >= 15 is 0 Å². The van der Waals surface area contributed by atoms with Crippen molar-refractivity contribution in [1.82, 2.24) is 5.32 Å². The lowest BCUT2D eigenvalue weighted by molar-refractivity contribution is -0.121. The fourth-order valence-corrected chi connectivity index (χ4v) is 4.16. The van der Waals surface area contributed by atoms with E-state index in [0.717, 1.165) is 0 Å². The third kappa shape index (κ3) is 4.87. The number of benzene rings is 3. The lowest BCUT2D eigenvalue weighted by atomic mass is 9.95. The van der Waals surface area contributed by atoms with Crippen molar-refractivity contribution < 1.29 is 18.8 Å². The van der Waals surface area contributed by atoms with Crippen LogP contribution < -0.4 is 21.3 Å². The lowest BCUT2D eigenvalue weighted by Crippen LogP contribution is -2.53. The molecule has 0 aromatic heterocycles. The van der Waals surface area contributed by atoms with Crippen LogP contribution in [0.15, 0.2) is 66.7 Å². The first kappa shape index (κ1) is 23.3. The Morgan fingerprint density at radius 3 is 2.41 bits per heavy atom. The molecule has 3 aromatic rings. The molecule has 4 rings (SSSR count). The van der Waals surface area contributed by atoms with Crippen LogP contribution in [0.4, 0.5) is 20.6 Å². The molecule has 0 saturated carbocycles. The van der Waals surface area contributed by atoms with Crippen molar-refractivity contribution in [3.05, 3.63) is 83.1 Å². The maximum absolute atomic E-state index is 14.5. The van der Waals surface area contributed by atoms with E-state index < -0.39 is 23.8 Å². The summed E-state index contributed by atoms with van der Waals surface area (Å²) in [7, 11) is 0. The van der Waals surface area contributed by atoms with Gasteiger partial charge in [0.25, 0.3) is 5.91 Å². The van der Waals surface area contributed by atoms with Crippen molar-refractivity contribution in [1.29, 1.82) is 0 Å². The average molecular weight is 481 g/mol. The summed E-state index contributed by atoms with van der Waals surface area (Å²) < 4.78 is 14.5. The number of halogens is 2. The molecule has 3 aromatic carbocycles. The van der Waals surface area contributed by atoms with Gasteiger partial charge in [-0.1, -0.05) is 41.9 Å². The van der Waals surface area contributed by atoms with Crippen molar-refractivity contribution in [2.24, 2.45) is 5.73 Å². The topological polar surface area (TPSA) is 105 Å². The third-order valence-electron chi connectivity index (χ3n) is 5.59. The highest BCUT2D eigenvalue weighted by molar-refractivity contribution is 6.30. The van der Waals surface area contributed by atoms with E-state index in [9.17, 15) is 18.8 Å². The number of nitrogens with zero attached hydrogens (tertiary/aromatic N) is 1. The van der Waals surface area contributed by atoms with Crippen molar-refractivity contribution >= 4 is 40.8 Å². The molecule has 1 unspecified atom stereocenters. The van der Waals surface area contributed by atoms with E-state index in [2.05, 4.69) is 10.6 Å². The van der Waals surface area contributed by atoms with Gasteiger partial charge in [0.15, 0.2) is 0 Å². The molecule has 0 bridgehead atoms. The van der Waals surface area contributed by atoms with E-state index in [4.69, 9.17) is 17.3 Å². The highest BCUT2D eigenvalue weighted by Gasteiger charge is 2.33. The molecule has 1 heterocycles. The molecule has 1 aliphatic heterocycles. The van der Waals surface area contributed by atoms with Crippen molar-refractivity contribution in [2.75, 3.05) is 16.8 Å². The summed E-state index contributed by atoms with van der Waals surface area (Å²) in [4.78, 5) is 39.6. The van der Waals surface area contributed by atoms with Crippen LogP contribution in [-0.2, 0) is 4.79 Å². The second-order valence-electron chi connectivity index (χ2n) is 7.83. The summed E-state index contributed by atoms with van der Waals surface area (Å²) in [5, 5.41) is 5.88. The van der Waals surface area contributed by atoms with Gasteiger partial charge in [0.2, 0.25) is 5.91 Å². The summed E-state index contributed by atoms with van der Waals surface area (Å²) >= 11 is 5.86. The van der Waals surface area contributed by atoms with Gasteiger partial charge in [-0.3, -0.25) is 9.59 Å². The Balaban J connectivity index is 1.59. The Hall–Kier alpha value is -3.91. The predicted molar refractivity (Wildman–Crippen MR) is 129 cm³/mol. The van der Waals surface area contributed by atoms with Gasteiger partial charge in [0.1, 0.15) is 11.9 Å². The van der Waals surface area contributed by atoms with Gasteiger partial charge in [-0.25, -0.2) is 9.18 Å². The quantitative estimate of drug-likeness (QED) is 0.498. The smallest absolute Gasteiger partial charge is 0.319 e. The first-order valence-electron chi connectivity index (χ1n) is 10.7. The van der Waals surface area contributed by atoms with Gasteiger partial charge in [-0.2, -0.15) is 0 Å². The molecule has 174 valence electrons. The molecule has 1 fully saturated rings. The van der Waals surface area contributed by atoms with Crippen LogP contribution in [0.1, 0.15) is 23.2 Å². The predicted octanol–water partition coefficient (Wildman–Crippen LogP) is 4.56. The minimum absolute atomic E-state index is 0.0483. The summed E-state index contributed by atoms with van der Waals surface area (Å²) in [6.45, 7) is 0.330. The fraction of sp³-hybridized carbons (Fsp3) is 0.160. The molecular formula is C25H22ClFN4O3. The van der Waals surface area contributed by atoms with E-state index in [1.807, 2.05) is 0 Å². The second kappa shape index (κ2) is 9.93. The zero-order valence-corrected chi connectivity index (χ0v) is 18.8. The number of carbonyl (C=O) groups is 3. The van der Waals surface area contributed by atoms with Gasteiger partial charge < -0.3 is 21.3 Å². The Morgan fingerprint density at radius 2 is 1.71 bits per heavy atom. The SMILES string of the molecule is NC(=O)c1c(-c2ccccc2F)cccc1N1CCCC(NC(=O)Nc2ccc(Cl)cc2)C1=O. The first-order chi connectivity index (χ1) is 16.3. The highest BCUT2D eigenvalue weighted by atomic mass is 35.5.